The highest BCUT2D eigenvalue weighted by atomic mass is 32.2. The second-order valence-corrected chi connectivity index (χ2v) is 6.02. The van der Waals surface area contributed by atoms with Gasteiger partial charge in [-0.1, -0.05) is 0 Å². The third kappa shape index (κ3) is 5.70. The Hall–Kier alpha value is -2.13. The molecule has 22 heavy (non-hydrogen) atoms. The van der Waals surface area contributed by atoms with E-state index in [4.69, 9.17) is 4.74 Å². The van der Waals surface area contributed by atoms with Crippen molar-refractivity contribution in [3.8, 4) is 5.75 Å². The van der Waals surface area contributed by atoms with Crippen molar-refractivity contribution in [2.45, 2.75) is 11.3 Å². The molecule has 0 heterocycles. The number of carbonyl (C=O) groups is 2. The number of amides is 2. The normalized spacial score (nSPS) is 10.8. The summed E-state index contributed by atoms with van der Waals surface area (Å²) in [7, 11) is -0.709. The molecule has 3 N–H and O–H groups in total. The number of benzene rings is 1. The van der Waals surface area contributed by atoms with Gasteiger partial charge in [0.2, 0.25) is 15.9 Å². The van der Waals surface area contributed by atoms with Crippen molar-refractivity contribution < 1.29 is 22.7 Å². The Kier molecular flexibility index (Phi) is 6.80. The summed E-state index contributed by atoms with van der Waals surface area (Å²) >= 11 is 0. The number of hydrogen-bond acceptors (Lipinski definition) is 5. The van der Waals surface area contributed by atoms with E-state index in [0.717, 1.165) is 0 Å². The molecule has 2 amide bonds. The lowest BCUT2D eigenvalue weighted by Crippen LogP contribution is -2.29. The van der Waals surface area contributed by atoms with Gasteiger partial charge in [-0.15, -0.1) is 0 Å². The van der Waals surface area contributed by atoms with E-state index in [-0.39, 0.29) is 36.3 Å². The van der Waals surface area contributed by atoms with Gasteiger partial charge in [0.05, 0.1) is 4.90 Å². The van der Waals surface area contributed by atoms with Crippen LogP contribution in [-0.4, -0.2) is 47.5 Å². The molecule has 122 valence electrons. The first kappa shape index (κ1) is 17.9. The summed E-state index contributed by atoms with van der Waals surface area (Å²) in [6.07, 6.45) is 0.0586. The quantitative estimate of drug-likeness (QED) is 0.579. The summed E-state index contributed by atoms with van der Waals surface area (Å²) in [6, 6.07) is 5.63. The van der Waals surface area contributed by atoms with Gasteiger partial charge >= 0.3 is 0 Å². The maximum Gasteiger partial charge on any atom is 0.257 e. The Morgan fingerprint density at radius 1 is 1.05 bits per heavy atom. The number of ether oxygens (including phenoxy) is 1. The number of likely N-dealkylation sites (N-methyl/N-ethyl adjacent to an activating group) is 1. The molecule has 1 aromatic carbocycles. The van der Waals surface area contributed by atoms with Crippen molar-refractivity contribution in [1.29, 1.82) is 0 Å². The summed E-state index contributed by atoms with van der Waals surface area (Å²) in [6.45, 7) is -0.135. The van der Waals surface area contributed by atoms with Crippen LogP contribution in [0.15, 0.2) is 29.2 Å². The molecule has 0 bridgehead atoms. The molecule has 0 radical (unpaired) electrons. The number of sulfonamides is 1. The molecule has 1 aromatic rings. The number of hydrogen-bond donors (Lipinski definition) is 3. The summed E-state index contributed by atoms with van der Waals surface area (Å²) in [4.78, 5) is 22.1. The SMILES string of the molecule is CNC(=O)CCNS(=O)(=O)c1ccc(OCC(=O)NC)cc1. The van der Waals surface area contributed by atoms with Crippen LogP contribution < -0.4 is 20.1 Å². The first-order chi connectivity index (χ1) is 10.4. The van der Waals surface area contributed by atoms with Gasteiger partial charge in [-0.3, -0.25) is 9.59 Å². The van der Waals surface area contributed by atoms with E-state index < -0.39 is 10.0 Å². The second-order valence-electron chi connectivity index (χ2n) is 4.25. The van der Waals surface area contributed by atoms with Crippen molar-refractivity contribution >= 4 is 21.8 Å². The topological polar surface area (TPSA) is 114 Å². The van der Waals surface area contributed by atoms with E-state index in [9.17, 15) is 18.0 Å². The molecule has 0 atom stereocenters. The van der Waals surface area contributed by atoms with Crippen LogP contribution in [0.25, 0.3) is 0 Å². The van der Waals surface area contributed by atoms with E-state index in [1.807, 2.05) is 0 Å². The van der Waals surface area contributed by atoms with Crippen LogP contribution in [0.1, 0.15) is 6.42 Å². The first-order valence-corrected chi connectivity index (χ1v) is 8.01. The van der Waals surface area contributed by atoms with Crippen molar-refractivity contribution in [1.82, 2.24) is 15.4 Å². The second kappa shape index (κ2) is 8.35. The predicted molar refractivity (Wildman–Crippen MR) is 79.9 cm³/mol. The molecule has 8 nitrogen and oxygen atoms in total. The third-order valence-electron chi connectivity index (χ3n) is 2.71. The number of rotatable bonds is 8. The fourth-order valence-electron chi connectivity index (χ4n) is 1.44. The van der Waals surface area contributed by atoms with Crippen molar-refractivity contribution in [2.75, 3.05) is 27.2 Å². The lowest BCUT2D eigenvalue weighted by Gasteiger charge is -2.08. The summed E-state index contributed by atoms with van der Waals surface area (Å²) < 4.78 is 31.5. The largest absolute Gasteiger partial charge is 0.484 e. The fourth-order valence-corrected chi connectivity index (χ4v) is 2.48. The van der Waals surface area contributed by atoms with Crippen molar-refractivity contribution in [3.05, 3.63) is 24.3 Å². The van der Waals surface area contributed by atoms with E-state index in [1.54, 1.807) is 0 Å². The summed E-state index contributed by atoms with van der Waals surface area (Å²) in [5.74, 6) is -0.152. The van der Waals surface area contributed by atoms with E-state index in [2.05, 4.69) is 15.4 Å². The highest BCUT2D eigenvalue weighted by Gasteiger charge is 2.14. The predicted octanol–water partition coefficient (Wildman–Crippen LogP) is -0.774. The Balaban J connectivity index is 2.60. The Bertz CT molecular complexity index is 613. The Morgan fingerprint density at radius 3 is 2.18 bits per heavy atom. The molecule has 1 rings (SSSR count). The lowest BCUT2D eigenvalue weighted by molar-refractivity contribution is -0.122. The monoisotopic (exact) mass is 329 g/mol. The zero-order valence-corrected chi connectivity index (χ0v) is 13.2. The molecule has 0 aliphatic heterocycles. The molecule has 0 aliphatic carbocycles. The molecular formula is C13H19N3O5S. The van der Waals surface area contributed by atoms with Crippen molar-refractivity contribution in [2.24, 2.45) is 0 Å². The first-order valence-electron chi connectivity index (χ1n) is 6.52. The third-order valence-corrected chi connectivity index (χ3v) is 4.18. The number of nitrogens with one attached hydrogen (secondary N) is 3. The zero-order valence-electron chi connectivity index (χ0n) is 12.4. The smallest absolute Gasteiger partial charge is 0.257 e. The van der Waals surface area contributed by atoms with Crippen LogP contribution >= 0.6 is 0 Å². The maximum absolute atomic E-state index is 12.0. The van der Waals surface area contributed by atoms with Crippen LogP contribution in [-0.2, 0) is 19.6 Å². The van der Waals surface area contributed by atoms with Crippen LogP contribution in [0.2, 0.25) is 0 Å². The van der Waals surface area contributed by atoms with Gasteiger partial charge in [-0.05, 0) is 24.3 Å². The van der Waals surface area contributed by atoms with Gasteiger partial charge in [0.1, 0.15) is 5.75 Å². The van der Waals surface area contributed by atoms with Crippen molar-refractivity contribution in [3.63, 3.8) is 0 Å². The number of carbonyl (C=O) groups excluding carboxylic acids is 2. The minimum absolute atomic E-state index is 0.0108. The molecular weight excluding hydrogens is 310 g/mol. The van der Waals surface area contributed by atoms with Gasteiger partial charge in [-0.2, -0.15) is 0 Å². The molecule has 0 unspecified atom stereocenters. The average molecular weight is 329 g/mol. The van der Waals surface area contributed by atoms with Crippen LogP contribution in [0.3, 0.4) is 0 Å². The molecule has 9 heteroatoms. The molecule has 0 aliphatic rings. The Labute approximate surface area is 129 Å². The highest BCUT2D eigenvalue weighted by Crippen LogP contribution is 2.15. The highest BCUT2D eigenvalue weighted by molar-refractivity contribution is 7.89. The minimum Gasteiger partial charge on any atom is -0.484 e. The molecule has 0 saturated carbocycles. The zero-order chi connectivity index (χ0) is 16.6. The van der Waals surface area contributed by atoms with Gasteiger partial charge in [-0.25, -0.2) is 13.1 Å². The van der Waals surface area contributed by atoms with E-state index in [0.29, 0.717) is 5.75 Å². The minimum atomic E-state index is -3.68. The van der Waals surface area contributed by atoms with Crippen LogP contribution in [0.5, 0.6) is 5.75 Å². The lowest BCUT2D eigenvalue weighted by atomic mass is 10.3. The average Bonchev–Trinajstić information content (AvgIpc) is 2.52. The van der Waals surface area contributed by atoms with Crippen LogP contribution in [0, 0.1) is 0 Å². The fraction of sp³-hybridized carbons (Fsp3) is 0.385. The summed E-state index contributed by atoms with van der Waals surface area (Å²) in [5, 5.41) is 4.81. The molecule has 0 spiro atoms. The maximum atomic E-state index is 12.0. The molecule has 0 saturated heterocycles. The standard InChI is InChI=1S/C13H19N3O5S/c1-14-12(17)7-8-16-22(19,20)11-5-3-10(4-6-11)21-9-13(18)15-2/h3-6,16H,7-9H2,1-2H3,(H,14,17)(H,15,18). The van der Waals surface area contributed by atoms with Crippen LogP contribution in [0.4, 0.5) is 0 Å². The van der Waals surface area contributed by atoms with E-state index >= 15 is 0 Å². The van der Waals surface area contributed by atoms with E-state index in [1.165, 1.54) is 38.4 Å². The van der Waals surface area contributed by atoms with Gasteiger partial charge in [0, 0.05) is 27.1 Å². The van der Waals surface area contributed by atoms with Gasteiger partial charge in [0.25, 0.3) is 5.91 Å². The molecule has 0 fully saturated rings. The van der Waals surface area contributed by atoms with Gasteiger partial charge < -0.3 is 15.4 Å². The molecule has 0 aromatic heterocycles. The van der Waals surface area contributed by atoms with Gasteiger partial charge in [0.15, 0.2) is 6.61 Å². The summed E-state index contributed by atoms with van der Waals surface area (Å²) in [5.41, 5.74) is 0. The Morgan fingerprint density at radius 2 is 1.64 bits per heavy atom.